The molecule has 2 N–H and O–H groups in total. The molecular weight excluding hydrogens is 242 g/mol. The molecule has 0 radical (unpaired) electrons. The topological polar surface area (TPSA) is 44.5 Å². The van der Waals surface area contributed by atoms with Crippen LogP contribution < -0.4 is 5.90 Å². The maximum absolute atomic E-state index is 4.71. The molecular formula is C7H8BrNO2S. The Morgan fingerprint density at radius 1 is 1.50 bits per heavy atom. The van der Waals surface area contributed by atoms with Crippen LogP contribution in [-0.2, 0) is 9.32 Å². The predicted molar refractivity (Wildman–Crippen MR) is 51.1 cm³/mol. The second kappa shape index (κ2) is 4.84. The number of benzene rings is 1. The predicted octanol–water partition coefficient (Wildman–Crippen LogP) is 2.59. The van der Waals surface area contributed by atoms with Crippen molar-refractivity contribution in [1.29, 1.82) is 0 Å². The van der Waals surface area contributed by atoms with Gasteiger partial charge in [0.25, 0.3) is 0 Å². The van der Waals surface area contributed by atoms with Gasteiger partial charge in [0.1, 0.15) is 0 Å². The molecule has 1 aromatic rings. The van der Waals surface area contributed by atoms with E-state index in [4.69, 9.17) is 5.90 Å². The van der Waals surface area contributed by atoms with E-state index in [2.05, 4.69) is 25.3 Å². The lowest BCUT2D eigenvalue weighted by molar-refractivity contribution is -0.195. The first-order chi connectivity index (χ1) is 5.74. The Bertz CT molecular complexity index is 270. The highest BCUT2D eigenvalue weighted by Crippen LogP contribution is 2.26. The monoisotopic (exact) mass is 249 g/mol. The Hall–Kier alpha value is -0.0700. The van der Waals surface area contributed by atoms with Gasteiger partial charge in [0, 0.05) is 9.37 Å². The first kappa shape index (κ1) is 10.0. The molecule has 0 heterocycles. The van der Waals surface area contributed by atoms with E-state index in [0.717, 1.165) is 27.0 Å². The Labute approximate surface area is 83.4 Å². The molecule has 0 fully saturated rings. The van der Waals surface area contributed by atoms with Gasteiger partial charge in [-0.2, -0.15) is 5.90 Å². The van der Waals surface area contributed by atoms with Gasteiger partial charge in [-0.1, -0.05) is 22.0 Å². The van der Waals surface area contributed by atoms with E-state index in [0.29, 0.717) is 0 Å². The number of aryl methyl sites for hydroxylation is 1. The van der Waals surface area contributed by atoms with E-state index >= 15 is 0 Å². The van der Waals surface area contributed by atoms with E-state index < -0.39 is 0 Å². The maximum atomic E-state index is 4.71. The first-order valence-electron chi connectivity index (χ1n) is 3.20. The molecule has 1 aromatic carbocycles. The lowest BCUT2D eigenvalue weighted by atomic mass is 10.2. The third-order valence-corrected chi connectivity index (χ3v) is 2.57. The molecule has 0 saturated heterocycles. The van der Waals surface area contributed by atoms with Crippen LogP contribution in [0.5, 0.6) is 0 Å². The van der Waals surface area contributed by atoms with Crippen molar-refractivity contribution in [3.05, 3.63) is 28.2 Å². The summed E-state index contributed by atoms with van der Waals surface area (Å²) in [5.41, 5.74) is 1.11. The fraction of sp³-hybridized carbons (Fsp3) is 0.143. The molecule has 0 spiro atoms. The van der Waals surface area contributed by atoms with E-state index in [9.17, 15) is 0 Å². The zero-order valence-corrected chi connectivity index (χ0v) is 8.81. The molecule has 0 bridgehead atoms. The normalized spacial score (nSPS) is 10.2. The minimum absolute atomic E-state index is 0.967. The van der Waals surface area contributed by atoms with E-state index in [1.165, 1.54) is 0 Å². The van der Waals surface area contributed by atoms with Gasteiger partial charge in [-0.05, 0) is 24.6 Å². The number of hydrogen-bond acceptors (Lipinski definition) is 4. The highest BCUT2D eigenvalue weighted by Gasteiger charge is 2.00. The van der Waals surface area contributed by atoms with Gasteiger partial charge in [0.15, 0.2) is 0 Å². The van der Waals surface area contributed by atoms with Gasteiger partial charge in [-0.15, -0.1) is 9.32 Å². The molecule has 1 rings (SSSR count). The van der Waals surface area contributed by atoms with Crippen LogP contribution in [0.3, 0.4) is 0 Å². The summed E-state index contributed by atoms with van der Waals surface area (Å²) in [6, 6.07) is 5.87. The fourth-order valence-corrected chi connectivity index (χ4v) is 1.72. The zero-order valence-electron chi connectivity index (χ0n) is 6.41. The Kier molecular flexibility index (Phi) is 4.03. The fourth-order valence-electron chi connectivity index (χ4n) is 0.720. The lowest BCUT2D eigenvalue weighted by Crippen LogP contribution is -1.94. The smallest absolute Gasteiger partial charge is 0.0705 e. The van der Waals surface area contributed by atoms with Gasteiger partial charge < -0.3 is 0 Å². The van der Waals surface area contributed by atoms with Crippen molar-refractivity contribution in [3.8, 4) is 0 Å². The molecule has 12 heavy (non-hydrogen) atoms. The first-order valence-corrected chi connectivity index (χ1v) is 4.73. The van der Waals surface area contributed by atoms with Crippen LogP contribution in [0.25, 0.3) is 0 Å². The highest BCUT2D eigenvalue weighted by atomic mass is 79.9. The van der Waals surface area contributed by atoms with Gasteiger partial charge in [-0.25, -0.2) is 0 Å². The Balaban J connectivity index is 2.75. The number of halogens is 1. The van der Waals surface area contributed by atoms with Crippen molar-refractivity contribution in [1.82, 2.24) is 0 Å². The molecule has 0 saturated carbocycles. The minimum atomic E-state index is 0.967. The zero-order chi connectivity index (χ0) is 8.97. The second-order valence-corrected chi connectivity index (χ2v) is 3.82. The SMILES string of the molecule is Cc1ccc(Br)cc1SOON. The largest absolute Gasteiger partial charge is 0.182 e. The summed E-state index contributed by atoms with van der Waals surface area (Å²) in [5.74, 6) is 4.71. The lowest BCUT2D eigenvalue weighted by Gasteiger charge is -2.02. The standard InChI is InChI=1S/C7H8BrNO2S/c1-5-2-3-6(8)4-7(5)12-11-10-9/h2-4H,9H2,1H3. The molecule has 0 aliphatic rings. The Morgan fingerprint density at radius 2 is 2.25 bits per heavy atom. The molecule has 0 unspecified atom stereocenters. The summed E-state index contributed by atoms with van der Waals surface area (Å²) in [7, 11) is 0. The molecule has 0 atom stereocenters. The van der Waals surface area contributed by atoms with Crippen molar-refractivity contribution in [2.24, 2.45) is 5.90 Å². The minimum Gasteiger partial charge on any atom is -0.182 e. The van der Waals surface area contributed by atoms with Crippen molar-refractivity contribution < 1.29 is 9.32 Å². The summed E-state index contributed by atoms with van der Waals surface area (Å²) in [5, 5.41) is 0. The van der Waals surface area contributed by atoms with Gasteiger partial charge >= 0.3 is 0 Å². The molecule has 66 valence electrons. The van der Waals surface area contributed by atoms with Gasteiger partial charge in [0.2, 0.25) is 0 Å². The molecule has 0 aliphatic heterocycles. The molecule has 3 nitrogen and oxygen atoms in total. The quantitative estimate of drug-likeness (QED) is 0.508. The van der Waals surface area contributed by atoms with Gasteiger partial charge in [-0.3, -0.25) is 0 Å². The number of nitrogens with two attached hydrogens (primary N) is 1. The Morgan fingerprint density at radius 3 is 2.92 bits per heavy atom. The number of rotatable bonds is 3. The van der Waals surface area contributed by atoms with Crippen LogP contribution in [0.15, 0.2) is 27.6 Å². The van der Waals surface area contributed by atoms with Crippen molar-refractivity contribution in [2.75, 3.05) is 0 Å². The van der Waals surface area contributed by atoms with Crippen LogP contribution in [0.1, 0.15) is 5.56 Å². The third kappa shape index (κ3) is 2.76. The number of hydrogen-bond donors (Lipinski definition) is 1. The molecule has 0 aliphatic carbocycles. The van der Waals surface area contributed by atoms with Crippen LogP contribution in [0, 0.1) is 6.92 Å². The second-order valence-electron chi connectivity index (χ2n) is 2.16. The van der Waals surface area contributed by atoms with Crippen molar-refractivity contribution in [3.63, 3.8) is 0 Å². The summed E-state index contributed by atoms with van der Waals surface area (Å²) >= 11 is 4.43. The third-order valence-electron chi connectivity index (χ3n) is 1.31. The summed E-state index contributed by atoms with van der Waals surface area (Å²) in [6.45, 7) is 1.98. The summed E-state index contributed by atoms with van der Waals surface area (Å²) < 4.78 is 5.53. The van der Waals surface area contributed by atoms with Crippen molar-refractivity contribution >= 4 is 28.0 Å². The summed E-state index contributed by atoms with van der Waals surface area (Å²) in [6.07, 6.45) is 0. The van der Waals surface area contributed by atoms with E-state index in [-0.39, 0.29) is 0 Å². The van der Waals surface area contributed by atoms with Crippen molar-refractivity contribution in [2.45, 2.75) is 11.8 Å². The van der Waals surface area contributed by atoms with E-state index in [1.807, 2.05) is 25.1 Å². The van der Waals surface area contributed by atoms with Crippen LogP contribution in [0.4, 0.5) is 0 Å². The maximum Gasteiger partial charge on any atom is 0.0705 e. The highest BCUT2D eigenvalue weighted by molar-refractivity contribution is 9.10. The molecule has 0 amide bonds. The summed E-state index contributed by atoms with van der Waals surface area (Å²) in [4.78, 5) is 4.96. The average molecular weight is 250 g/mol. The van der Waals surface area contributed by atoms with E-state index in [1.54, 1.807) is 0 Å². The van der Waals surface area contributed by atoms with Gasteiger partial charge in [0.05, 0.1) is 12.0 Å². The molecule has 5 heteroatoms. The van der Waals surface area contributed by atoms with Crippen LogP contribution in [-0.4, -0.2) is 0 Å². The molecule has 0 aromatic heterocycles. The van der Waals surface area contributed by atoms with Crippen LogP contribution >= 0.6 is 28.0 Å². The van der Waals surface area contributed by atoms with Crippen LogP contribution in [0.2, 0.25) is 0 Å². The average Bonchev–Trinajstić information content (AvgIpc) is 2.07.